The average molecular weight is 296 g/mol. The summed E-state index contributed by atoms with van der Waals surface area (Å²) in [7, 11) is 0. The molecule has 22 heavy (non-hydrogen) atoms. The second kappa shape index (κ2) is 5.57. The van der Waals surface area contributed by atoms with Crippen molar-refractivity contribution in [2.45, 2.75) is 33.1 Å². The molecule has 2 unspecified atom stereocenters. The van der Waals surface area contributed by atoms with Gasteiger partial charge in [-0.05, 0) is 55.9 Å². The van der Waals surface area contributed by atoms with Crippen LogP contribution in [0.15, 0.2) is 30.3 Å². The normalized spacial score (nSPS) is 19.5. The number of rotatable bonds is 1. The standard InChI is InChI=1S/C20H18F2/c1-12-4-6-16(13(2)8-12)7-5-15-10-18(21)20(19(22)11-15)17-9-14(17)3/h4,6,8,10-11,14,17H,9H2,1-3H3. The van der Waals surface area contributed by atoms with Gasteiger partial charge in [0.15, 0.2) is 0 Å². The molecule has 0 amide bonds. The molecular formula is C20H18F2. The van der Waals surface area contributed by atoms with Crippen molar-refractivity contribution in [3.05, 3.63) is 69.8 Å². The van der Waals surface area contributed by atoms with Crippen LogP contribution in [0.4, 0.5) is 8.78 Å². The first-order chi connectivity index (χ1) is 10.5. The SMILES string of the molecule is Cc1ccc(C#Cc2cc(F)c(C3CC3C)c(F)c2)c(C)c1. The lowest BCUT2D eigenvalue weighted by Crippen LogP contribution is -1.96. The first-order valence-corrected chi connectivity index (χ1v) is 7.54. The predicted molar refractivity (Wildman–Crippen MR) is 84.8 cm³/mol. The third-order valence-electron chi connectivity index (χ3n) is 4.28. The van der Waals surface area contributed by atoms with E-state index in [0.29, 0.717) is 11.5 Å². The van der Waals surface area contributed by atoms with Crippen LogP contribution in [0.3, 0.4) is 0 Å². The van der Waals surface area contributed by atoms with Gasteiger partial charge in [0.2, 0.25) is 0 Å². The maximum absolute atomic E-state index is 14.1. The maximum atomic E-state index is 14.1. The molecule has 0 heterocycles. The van der Waals surface area contributed by atoms with Gasteiger partial charge in [-0.3, -0.25) is 0 Å². The van der Waals surface area contributed by atoms with E-state index in [2.05, 4.69) is 11.8 Å². The first-order valence-electron chi connectivity index (χ1n) is 7.54. The monoisotopic (exact) mass is 296 g/mol. The summed E-state index contributed by atoms with van der Waals surface area (Å²) >= 11 is 0. The summed E-state index contributed by atoms with van der Waals surface area (Å²) in [5.74, 6) is 5.33. The molecule has 0 spiro atoms. The van der Waals surface area contributed by atoms with E-state index in [4.69, 9.17) is 0 Å². The lowest BCUT2D eigenvalue weighted by atomic mass is 10.0. The van der Waals surface area contributed by atoms with Crippen LogP contribution in [-0.4, -0.2) is 0 Å². The Kier molecular flexibility index (Phi) is 3.74. The van der Waals surface area contributed by atoms with E-state index in [1.807, 2.05) is 39.0 Å². The minimum Gasteiger partial charge on any atom is -0.207 e. The first kappa shape index (κ1) is 14.8. The highest BCUT2D eigenvalue weighted by Gasteiger charge is 2.38. The van der Waals surface area contributed by atoms with Gasteiger partial charge >= 0.3 is 0 Å². The molecule has 2 atom stereocenters. The highest BCUT2D eigenvalue weighted by atomic mass is 19.1. The smallest absolute Gasteiger partial charge is 0.130 e. The van der Waals surface area contributed by atoms with Crippen molar-refractivity contribution in [3.8, 4) is 11.8 Å². The number of hydrogen-bond acceptors (Lipinski definition) is 0. The minimum atomic E-state index is -0.473. The van der Waals surface area contributed by atoms with E-state index in [1.54, 1.807) is 0 Å². The number of halogens is 2. The molecule has 2 aromatic carbocycles. The molecule has 0 nitrogen and oxygen atoms in total. The third kappa shape index (κ3) is 2.90. The molecule has 112 valence electrons. The van der Waals surface area contributed by atoms with Gasteiger partial charge in [0.05, 0.1) is 0 Å². The van der Waals surface area contributed by atoms with Crippen molar-refractivity contribution in [1.82, 2.24) is 0 Å². The molecule has 0 saturated heterocycles. The summed E-state index contributed by atoms with van der Waals surface area (Å²) < 4.78 is 28.3. The molecule has 0 bridgehead atoms. The molecule has 1 aliphatic carbocycles. The lowest BCUT2D eigenvalue weighted by Gasteiger charge is -2.04. The Morgan fingerprint density at radius 2 is 1.64 bits per heavy atom. The summed E-state index contributed by atoms with van der Waals surface area (Å²) in [6.45, 7) is 6.01. The predicted octanol–water partition coefficient (Wildman–Crippen LogP) is 5.10. The second-order valence-corrected chi connectivity index (χ2v) is 6.24. The number of benzene rings is 2. The zero-order chi connectivity index (χ0) is 15.9. The fraction of sp³-hybridized carbons (Fsp3) is 0.300. The van der Waals surface area contributed by atoms with E-state index < -0.39 is 11.6 Å². The number of hydrogen-bond donors (Lipinski definition) is 0. The Labute approximate surface area is 130 Å². The van der Waals surface area contributed by atoms with E-state index in [0.717, 1.165) is 17.5 Å². The maximum Gasteiger partial charge on any atom is 0.130 e. The second-order valence-electron chi connectivity index (χ2n) is 6.24. The summed E-state index contributed by atoms with van der Waals surface area (Å²) in [4.78, 5) is 0. The Morgan fingerprint density at radius 1 is 1.00 bits per heavy atom. The van der Waals surface area contributed by atoms with Gasteiger partial charge in [-0.1, -0.05) is 36.5 Å². The molecule has 1 fully saturated rings. The summed E-state index contributed by atoms with van der Waals surface area (Å²) in [6, 6.07) is 8.66. The quantitative estimate of drug-likeness (QED) is 0.642. The third-order valence-corrected chi connectivity index (χ3v) is 4.28. The van der Waals surface area contributed by atoms with Crippen LogP contribution < -0.4 is 0 Å². The molecule has 3 rings (SSSR count). The van der Waals surface area contributed by atoms with Crippen LogP contribution in [-0.2, 0) is 0 Å². The largest absolute Gasteiger partial charge is 0.207 e. The highest BCUT2D eigenvalue weighted by molar-refractivity contribution is 5.48. The zero-order valence-electron chi connectivity index (χ0n) is 13.0. The molecule has 0 N–H and O–H groups in total. The highest BCUT2D eigenvalue weighted by Crippen LogP contribution is 2.48. The van der Waals surface area contributed by atoms with Crippen LogP contribution in [0.5, 0.6) is 0 Å². The van der Waals surface area contributed by atoms with Crippen molar-refractivity contribution in [2.24, 2.45) is 5.92 Å². The van der Waals surface area contributed by atoms with Crippen LogP contribution in [0.25, 0.3) is 0 Å². The molecule has 1 aliphatic rings. The van der Waals surface area contributed by atoms with E-state index >= 15 is 0 Å². The minimum absolute atomic E-state index is 0.0290. The molecule has 2 aromatic rings. The molecule has 0 aromatic heterocycles. The van der Waals surface area contributed by atoms with Gasteiger partial charge in [-0.2, -0.15) is 0 Å². The van der Waals surface area contributed by atoms with Gasteiger partial charge < -0.3 is 0 Å². The fourth-order valence-electron chi connectivity index (χ4n) is 2.83. The lowest BCUT2D eigenvalue weighted by molar-refractivity contribution is 0.552. The molecule has 0 radical (unpaired) electrons. The molecule has 2 heteroatoms. The Hall–Kier alpha value is -2.14. The van der Waals surface area contributed by atoms with E-state index in [9.17, 15) is 8.78 Å². The van der Waals surface area contributed by atoms with Crippen molar-refractivity contribution in [2.75, 3.05) is 0 Å². The van der Waals surface area contributed by atoms with Crippen LogP contribution >= 0.6 is 0 Å². The van der Waals surface area contributed by atoms with Crippen molar-refractivity contribution < 1.29 is 8.78 Å². The average Bonchev–Trinajstić information content (AvgIpc) is 3.13. The van der Waals surface area contributed by atoms with Crippen molar-refractivity contribution in [1.29, 1.82) is 0 Å². The summed E-state index contributed by atoms with van der Waals surface area (Å²) in [5.41, 5.74) is 3.72. The van der Waals surface area contributed by atoms with Crippen LogP contribution in [0, 0.1) is 43.2 Å². The molecule has 1 saturated carbocycles. The number of aryl methyl sites for hydroxylation is 2. The van der Waals surface area contributed by atoms with Gasteiger partial charge in [0, 0.05) is 16.7 Å². The van der Waals surface area contributed by atoms with Gasteiger partial charge in [-0.25, -0.2) is 8.78 Å². The Bertz CT molecular complexity index is 770. The molecular weight excluding hydrogens is 278 g/mol. The van der Waals surface area contributed by atoms with Gasteiger partial charge in [0.1, 0.15) is 11.6 Å². The summed E-state index contributed by atoms with van der Waals surface area (Å²) in [6.07, 6.45) is 0.863. The topological polar surface area (TPSA) is 0 Å². The van der Waals surface area contributed by atoms with Crippen molar-refractivity contribution >= 4 is 0 Å². The van der Waals surface area contributed by atoms with E-state index in [1.165, 1.54) is 17.7 Å². The van der Waals surface area contributed by atoms with Gasteiger partial charge in [-0.15, -0.1) is 0 Å². The fourth-order valence-corrected chi connectivity index (χ4v) is 2.83. The Morgan fingerprint density at radius 3 is 2.18 bits per heavy atom. The van der Waals surface area contributed by atoms with E-state index in [-0.39, 0.29) is 11.5 Å². The zero-order valence-corrected chi connectivity index (χ0v) is 13.0. The van der Waals surface area contributed by atoms with Crippen LogP contribution in [0.2, 0.25) is 0 Å². The van der Waals surface area contributed by atoms with Gasteiger partial charge in [0.25, 0.3) is 0 Å². The summed E-state index contributed by atoms with van der Waals surface area (Å²) in [5, 5.41) is 0. The molecule has 0 aliphatic heterocycles. The Balaban J connectivity index is 1.92. The van der Waals surface area contributed by atoms with Crippen molar-refractivity contribution in [3.63, 3.8) is 0 Å². The van der Waals surface area contributed by atoms with Crippen LogP contribution in [0.1, 0.15) is 47.1 Å².